The standard InChI is InChI=1S/C28H31N3O6S/c1-5-17-37-26-16-9-22(18-27(26)36-6-2)19-29-30-28(32)20-31(23-10-7-21(3)8-11-23)38(33,34)25-14-12-24(35-4)13-15-25/h5,7-16,18-19H,1,6,17,20H2,2-4H3,(H,30,32)/b29-19-. The number of anilines is 1. The summed E-state index contributed by atoms with van der Waals surface area (Å²) in [4.78, 5) is 12.8. The normalized spacial score (nSPS) is 11.1. The second-order valence-corrected chi connectivity index (χ2v) is 9.92. The molecule has 1 N–H and O–H groups in total. The number of hydrogen-bond donors (Lipinski definition) is 1. The van der Waals surface area contributed by atoms with E-state index in [1.807, 2.05) is 13.8 Å². The van der Waals surface area contributed by atoms with Gasteiger partial charge in [-0.25, -0.2) is 13.8 Å². The first-order chi connectivity index (χ1) is 18.3. The summed E-state index contributed by atoms with van der Waals surface area (Å²) in [5, 5.41) is 4.00. The molecule has 1 amide bonds. The average molecular weight is 538 g/mol. The molecule has 9 nitrogen and oxygen atoms in total. The smallest absolute Gasteiger partial charge is 0.264 e. The highest BCUT2D eigenvalue weighted by Crippen LogP contribution is 2.28. The second kappa shape index (κ2) is 13.3. The van der Waals surface area contributed by atoms with Crippen LogP contribution in [0.1, 0.15) is 18.1 Å². The Morgan fingerprint density at radius 2 is 1.74 bits per heavy atom. The molecule has 0 aliphatic heterocycles. The topological polar surface area (TPSA) is 107 Å². The molecule has 0 atom stereocenters. The monoisotopic (exact) mass is 537 g/mol. The fourth-order valence-electron chi connectivity index (χ4n) is 3.39. The van der Waals surface area contributed by atoms with E-state index in [4.69, 9.17) is 14.2 Å². The Morgan fingerprint density at radius 1 is 1.03 bits per heavy atom. The van der Waals surface area contributed by atoms with Crippen LogP contribution in [0.2, 0.25) is 0 Å². The molecule has 10 heteroatoms. The summed E-state index contributed by atoms with van der Waals surface area (Å²) in [6.07, 6.45) is 3.07. The van der Waals surface area contributed by atoms with Crippen LogP contribution in [-0.2, 0) is 14.8 Å². The van der Waals surface area contributed by atoms with E-state index < -0.39 is 22.5 Å². The van der Waals surface area contributed by atoms with Crippen LogP contribution in [0.25, 0.3) is 0 Å². The summed E-state index contributed by atoms with van der Waals surface area (Å²) < 4.78 is 44.3. The van der Waals surface area contributed by atoms with Crippen LogP contribution in [0.15, 0.2) is 89.4 Å². The number of carbonyl (C=O) groups excluding carboxylic acids is 1. The van der Waals surface area contributed by atoms with Crippen LogP contribution in [0.5, 0.6) is 17.2 Å². The minimum atomic E-state index is -4.06. The van der Waals surface area contributed by atoms with Crippen LogP contribution < -0.4 is 23.9 Å². The van der Waals surface area contributed by atoms with E-state index in [0.29, 0.717) is 41.7 Å². The summed E-state index contributed by atoms with van der Waals surface area (Å²) in [5.74, 6) is 0.992. The Hall–Kier alpha value is -4.31. The maximum Gasteiger partial charge on any atom is 0.264 e. The van der Waals surface area contributed by atoms with Crippen molar-refractivity contribution in [3.63, 3.8) is 0 Å². The first-order valence-corrected chi connectivity index (χ1v) is 13.3. The molecule has 38 heavy (non-hydrogen) atoms. The van der Waals surface area contributed by atoms with Crippen LogP contribution >= 0.6 is 0 Å². The molecule has 3 aromatic rings. The highest BCUT2D eigenvalue weighted by atomic mass is 32.2. The van der Waals surface area contributed by atoms with Gasteiger partial charge in [-0.1, -0.05) is 30.4 Å². The lowest BCUT2D eigenvalue weighted by molar-refractivity contribution is -0.119. The van der Waals surface area contributed by atoms with Gasteiger partial charge in [-0.3, -0.25) is 9.10 Å². The number of nitrogens with one attached hydrogen (secondary N) is 1. The van der Waals surface area contributed by atoms with Gasteiger partial charge in [0.25, 0.3) is 15.9 Å². The highest BCUT2D eigenvalue weighted by molar-refractivity contribution is 7.92. The Kier molecular flexibility index (Phi) is 9.89. The van der Waals surface area contributed by atoms with E-state index in [1.165, 1.54) is 25.5 Å². The molecule has 0 radical (unpaired) electrons. The Labute approximate surface area is 223 Å². The molecule has 0 aliphatic carbocycles. The van der Waals surface area contributed by atoms with E-state index in [0.717, 1.165) is 9.87 Å². The van der Waals surface area contributed by atoms with Gasteiger partial charge in [-0.15, -0.1) is 0 Å². The Bertz CT molecular complexity index is 1370. The number of ether oxygens (including phenoxy) is 3. The van der Waals surface area contributed by atoms with Crippen LogP contribution in [0.3, 0.4) is 0 Å². The average Bonchev–Trinajstić information content (AvgIpc) is 2.92. The zero-order valence-corrected chi connectivity index (χ0v) is 22.4. The minimum absolute atomic E-state index is 0.0254. The van der Waals surface area contributed by atoms with Crippen molar-refractivity contribution in [3.8, 4) is 17.2 Å². The lowest BCUT2D eigenvalue weighted by Crippen LogP contribution is -2.39. The van der Waals surface area contributed by atoms with Gasteiger partial charge in [0, 0.05) is 0 Å². The van der Waals surface area contributed by atoms with Crippen molar-refractivity contribution >= 4 is 27.8 Å². The summed E-state index contributed by atoms with van der Waals surface area (Å²) in [7, 11) is -2.57. The van der Waals surface area contributed by atoms with Gasteiger partial charge in [0.2, 0.25) is 0 Å². The zero-order chi connectivity index (χ0) is 27.5. The fourth-order valence-corrected chi connectivity index (χ4v) is 4.81. The number of hydrogen-bond acceptors (Lipinski definition) is 7. The van der Waals surface area contributed by atoms with E-state index in [9.17, 15) is 13.2 Å². The second-order valence-electron chi connectivity index (χ2n) is 8.05. The molecule has 0 heterocycles. The molecule has 0 unspecified atom stereocenters. The number of amides is 1. The molecule has 3 rings (SSSR count). The van der Waals surface area contributed by atoms with Crippen molar-refractivity contribution < 1.29 is 27.4 Å². The predicted octanol–water partition coefficient (Wildman–Crippen LogP) is 4.31. The lowest BCUT2D eigenvalue weighted by Gasteiger charge is -2.24. The van der Waals surface area contributed by atoms with Gasteiger partial charge >= 0.3 is 0 Å². The van der Waals surface area contributed by atoms with Crippen LogP contribution in [-0.4, -0.2) is 47.4 Å². The van der Waals surface area contributed by atoms with Crippen molar-refractivity contribution in [2.24, 2.45) is 5.10 Å². The summed E-state index contributed by atoms with van der Waals surface area (Å²) in [5.41, 5.74) is 4.36. The number of sulfonamides is 1. The summed E-state index contributed by atoms with van der Waals surface area (Å²) in [6, 6.07) is 18.0. The van der Waals surface area contributed by atoms with Gasteiger partial charge in [-0.05, 0) is 74.0 Å². The molecule has 0 saturated carbocycles. The number of nitrogens with zero attached hydrogens (tertiary/aromatic N) is 2. The third-order valence-electron chi connectivity index (χ3n) is 5.28. The quantitative estimate of drug-likeness (QED) is 0.198. The SMILES string of the molecule is C=CCOc1ccc(/C=N\NC(=O)CN(c2ccc(C)cc2)S(=O)(=O)c2ccc(OC)cc2)cc1OCC. The number of benzene rings is 3. The molecule has 0 aromatic heterocycles. The van der Waals surface area contributed by atoms with Crippen molar-refractivity contribution in [2.75, 3.05) is 31.2 Å². The predicted molar refractivity (Wildman–Crippen MR) is 148 cm³/mol. The molecular formula is C28H31N3O6S. The maximum absolute atomic E-state index is 13.5. The lowest BCUT2D eigenvalue weighted by atomic mass is 10.2. The van der Waals surface area contributed by atoms with Crippen molar-refractivity contribution in [3.05, 3.63) is 90.5 Å². The fraction of sp³-hybridized carbons (Fsp3) is 0.214. The largest absolute Gasteiger partial charge is 0.497 e. The van der Waals surface area contributed by atoms with Crippen molar-refractivity contribution in [2.45, 2.75) is 18.7 Å². The van der Waals surface area contributed by atoms with Crippen molar-refractivity contribution in [1.29, 1.82) is 0 Å². The Morgan fingerprint density at radius 3 is 2.37 bits per heavy atom. The van der Waals surface area contributed by atoms with Gasteiger partial charge in [0.05, 0.1) is 30.5 Å². The summed E-state index contributed by atoms with van der Waals surface area (Å²) in [6.45, 7) is 7.68. The van der Waals surface area contributed by atoms with Gasteiger partial charge in [-0.2, -0.15) is 5.10 Å². The molecule has 3 aromatic carbocycles. The number of rotatable bonds is 13. The minimum Gasteiger partial charge on any atom is -0.497 e. The first kappa shape index (κ1) is 28.3. The first-order valence-electron chi connectivity index (χ1n) is 11.8. The summed E-state index contributed by atoms with van der Waals surface area (Å²) >= 11 is 0. The van der Waals surface area contributed by atoms with Crippen molar-refractivity contribution in [1.82, 2.24) is 5.43 Å². The molecule has 0 saturated heterocycles. The molecular weight excluding hydrogens is 506 g/mol. The Balaban J connectivity index is 1.79. The molecule has 0 fully saturated rings. The van der Waals surface area contributed by atoms with Crippen LogP contribution in [0.4, 0.5) is 5.69 Å². The van der Waals surface area contributed by atoms with Gasteiger partial charge in [0.15, 0.2) is 11.5 Å². The van der Waals surface area contributed by atoms with E-state index >= 15 is 0 Å². The van der Waals surface area contributed by atoms with Gasteiger partial charge < -0.3 is 14.2 Å². The molecule has 0 aliphatic rings. The highest BCUT2D eigenvalue weighted by Gasteiger charge is 2.27. The third kappa shape index (κ3) is 7.36. The number of hydrazone groups is 1. The number of aryl methyl sites for hydroxylation is 1. The maximum atomic E-state index is 13.5. The van der Waals surface area contributed by atoms with Crippen LogP contribution in [0, 0.1) is 6.92 Å². The number of methoxy groups -OCH3 is 1. The van der Waals surface area contributed by atoms with E-state index in [1.54, 1.807) is 60.7 Å². The molecule has 200 valence electrons. The molecule has 0 bridgehead atoms. The molecule has 0 spiro atoms. The number of carbonyl (C=O) groups is 1. The van der Waals surface area contributed by atoms with E-state index in [-0.39, 0.29) is 4.90 Å². The zero-order valence-electron chi connectivity index (χ0n) is 21.6. The third-order valence-corrected chi connectivity index (χ3v) is 7.07. The van der Waals surface area contributed by atoms with Gasteiger partial charge in [0.1, 0.15) is 18.9 Å². The van der Waals surface area contributed by atoms with E-state index in [2.05, 4.69) is 17.1 Å².